The fourth-order valence-electron chi connectivity index (χ4n) is 5.40. The van der Waals surface area contributed by atoms with Crippen molar-refractivity contribution in [1.29, 1.82) is 0 Å². The van der Waals surface area contributed by atoms with Crippen molar-refractivity contribution >= 4 is 27.8 Å². The molecular formula is C28H45N5O7S. The third-order valence-corrected chi connectivity index (χ3v) is 9.51. The molecule has 230 valence electrons. The van der Waals surface area contributed by atoms with Crippen molar-refractivity contribution in [3.05, 3.63) is 24.3 Å². The number of amides is 2. The number of carboxylic acids is 1. The molecule has 1 aromatic rings. The molecular weight excluding hydrogens is 550 g/mol. The zero-order valence-electron chi connectivity index (χ0n) is 23.8. The van der Waals surface area contributed by atoms with Crippen molar-refractivity contribution < 1.29 is 32.6 Å². The van der Waals surface area contributed by atoms with Crippen LogP contribution in [0.3, 0.4) is 0 Å². The molecule has 2 fully saturated rings. The van der Waals surface area contributed by atoms with Crippen molar-refractivity contribution in [2.75, 3.05) is 46.4 Å². The van der Waals surface area contributed by atoms with E-state index in [-0.39, 0.29) is 23.3 Å². The Balaban J connectivity index is 1.49. The van der Waals surface area contributed by atoms with Crippen molar-refractivity contribution in [2.45, 2.75) is 62.3 Å². The highest BCUT2D eigenvalue weighted by molar-refractivity contribution is 7.89. The van der Waals surface area contributed by atoms with Crippen LogP contribution in [-0.2, 0) is 24.4 Å². The average Bonchev–Trinajstić information content (AvgIpc) is 2.99. The summed E-state index contributed by atoms with van der Waals surface area (Å²) in [6.45, 7) is 3.23. The number of hydrogen-bond acceptors (Lipinski definition) is 8. The van der Waals surface area contributed by atoms with Crippen molar-refractivity contribution in [3.63, 3.8) is 0 Å². The van der Waals surface area contributed by atoms with Crippen LogP contribution in [0.4, 0.5) is 0 Å². The van der Waals surface area contributed by atoms with Gasteiger partial charge in [0, 0.05) is 12.5 Å². The molecule has 1 unspecified atom stereocenters. The van der Waals surface area contributed by atoms with Crippen LogP contribution in [-0.4, -0.2) is 83.7 Å². The number of hydrogen-bond donors (Lipinski definition) is 6. The number of nitrogens with one attached hydrogen (secondary N) is 5. The minimum atomic E-state index is -4.16. The summed E-state index contributed by atoms with van der Waals surface area (Å²) in [4.78, 5) is 37.2. The van der Waals surface area contributed by atoms with Gasteiger partial charge in [0.25, 0.3) is 0 Å². The van der Waals surface area contributed by atoms with Gasteiger partial charge in [0.05, 0.1) is 18.6 Å². The van der Waals surface area contributed by atoms with E-state index in [0.29, 0.717) is 17.6 Å². The van der Waals surface area contributed by atoms with Gasteiger partial charge in [-0.1, -0.05) is 0 Å². The zero-order valence-corrected chi connectivity index (χ0v) is 24.6. The van der Waals surface area contributed by atoms with Gasteiger partial charge in [0.1, 0.15) is 11.8 Å². The molecule has 0 spiro atoms. The maximum atomic E-state index is 13.1. The van der Waals surface area contributed by atoms with Crippen molar-refractivity contribution in [3.8, 4) is 5.75 Å². The molecule has 0 aromatic heterocycles. The van der Waals surface area contributed by atoms with E-state index in [1.807, 2.05) is 0 Å². The Labute approximate surface area is 242 Å². The Bertz CT molecular complexity index is 1070. The molecule has 3 rings (SSSR count). The van der Waals surface area contributed by atoms with Gasteiger partial charge in [-0.3, -0.25) is 14.4 Å². The van der Waals surface area contributed by atoms with Crippen LogP contribution in [0.15, 0.2) is 29.2 Å². The molecule has 2 heterocycles. The lowest BCUT2D eigenvalue weighted by Crippen LogP contribution is -2.50. The first-order valence-electron chi connectivity index (χ1n) is 14.5. The SMILES string of the molecule is COc1ccc(S(=O)(=O)NC(CNC(=O)CNC(=O)C(CCC2CCNCC2)CCC2CCNCC2)C(=O)O)cc1. The molecule has 1 aromatic carbocycles. The van der Waals surface area contributed by atoms with Gasteiger partial charge in [0.15, 0.2) is 0 Å². The Kier molecular flexibility index (Phi) is 13.3. The number of aliphatic carboxylic acids is 1. The number of ether oxygens (including phenoxy) is 1. The molecule has 13 heteroatoms. The molecule has 0 aliphatic carbocycles. The Morgan fingerprint density at radius 1 is 0.927 bits per heavy atom. The minimum Gasteiger partial charge on any atom is -0.497 e. The highest BCUT2D eigenvalue weighted by Crippen LogP contribution is 2.27. The van der Waals surface area contributed by atoms with Crippen LogP contribution in [0.25, 0.3) is 0 Å². The van der Waals surface area contributed by atoms with Gasteiger partial charge in [-0.15, -0.1) is 0 Å². The van der Waals surface area contributed by atoms with Gasteiger partial charge in [-0.05, 0) is 114 Å². The second kappa shape index (κ2) is 16.6. The minimum absolute atomic E-state index is 0.136. The van der Waals surface area contributed by atoms with Gasteiger partial charge in [0.2, 0.25) is 21.8 Å². The van der Waals surface area contributed by atoms with Gasteiger partial charge in [-0.25, -0.2) is 8.42 Å². The Morgan fingerprint density at radius 3 is 1.95 bits per heavy atom. The molecule has 0 radical (unpaired) electrons. The highest BCUT2D eigenvalue weighted by atomic mass is 32.2. The standard InChI is InChI=1S/C28H45N5O7S/c1-40-23-6-8-24(9-7-23)41(38,39)33-25(28(36)37)18-31-26(34)19-32-27(35)22(4-2-20-10-14-29-15-11-20)5-3-21-12-16-30-17-13-21/h6-9,20-22,25,29-30,33H,2-5,10-19H2,1H3,(H,31,34)(H,32,35)(H,36,37). The predicted molar refractivity (Wildman–Crippen MR) is 154 cm³/mol. The summed E-state index contributed by atoms with van der Waals surface area (Å²) < 4.78 is 32.4. The second-order valence-corrected chi connectivity index (χ2v) is 12.7. The van der Waals surface area contributed by atoms with Crippen LogP contribution < -0.4 is 30.7 Å². The van der Waals surface area contributed by atoms with Crippen LogP contribution in [0.5, 0.6) is 5.75 Å². The van der Waals surface area contributed by atoms with E-state index in [0.717, 1.165) is 77.5 Å². The Hall–Kier alpha value is -2.74. The maximum Gasteiger partial charge on any atom is 0.323 e. The smallest absolute Gasteiger partial charge is 0.323 e. The van der Waals surface area contributed by atoms with Gasteiger partial charge >= 0.3 is 5.97 Å². The third-order valence-electron chi connectivity index (χ3n) is 8.03. The number of sulfonamides is 1. The van der Waals surface area contributed by atoms with Gasteiger partial charge < -0.3 is 31.1 Å². The fourth-order valence-corrected chi connectivity index (χ4v) is 6.59. The molecule has 0 bridgehead atoms. The average molecular weight is 596 g/mol. The van der Waals surface area contributed by atoms with E-state index >= 15 is 0 Å². The normalized spacial score (nSPS) is 17.6. The lowest BCUT2D eigenvalue weighted by molar-refractivity contribution is -0.139. The molecule has 6 N–H and O–H groups in total. The topological polar surface area (TPSA) is 175 Å². The number of carbonyl (C=O) groups excluding carboxylic acids is 2. The van der Waals surface area contributed by atoms with Gasteiger partial charge in [-0.2, -0.15) is 4.72 Å². The zero-order chi connectivity index (χ0) is 29.7. The Morgan fingerprint density at radius 2 is 1.46 bits per heavy atom. The lowest BCUT2D eigenvalue weighted by Gasteiger charge is -2.27. The molecule has 2 amide bonds. The molecule has 12 nitrogen and oxygen atoms in total. The fraction of sp³-hybridized carbons (Fsp3) is 0.679. The van der Waals surface area contributed by atoms with E-state index in [1.54, 1.807) is 0 Å². The summed E-state index contributed by atoms with van der Waals surface area (Å²) in [5.74, 6) is -0.737. The maximum absolute atomic E-state index is 13.1. The van der Waals surface area contributed by atoms with E-state index in [4.69, 9.17) is 4.74 Å². The summed E-state index contributed by atoms with van der Waals surface area (Å²) in [6.07, 6.45) is 7.94. The summed E-state index contributed by atoms with van der Waals surface area (Å²) in [6, 6.07) is 3.88. The second-order valence-electron chi connectivity index (χ2n) is 10.9. The summed E-state index contributed by atoms with van der Waals surface area (Å²) in [5, 5.41) is 21.4. The van der Waals surface area contributed by atoms with E-state index < -0.39 is 34.5 Å². The first-order valence-corrected chi connectivity index (χ1v) is 16.0. The summed E-state index contributed by atoms with van der Waals surface area (Å²) >= 11 is 0. The monoisotopic (exact) mass is 595 g/mol. The molecule has 2 aliphatic heterocycles. The van der Waals surface area contributed by atoms with Crippen LogP contribution in [0.2, 0.25) is 0 Å². The first kappa shape index (κ1) is 32.8. The number of benzene rings is 1. The highest BCUT2D eigenvalue weighted by Gasteiger charge is 2.27. The van der Waals surface area contributed by atoms with Crippen LogP contribution >= 0.6 is 0 Å². The molecule has 1 atom stereocenters. The first-order chi connectivity index (χ1) is 19.7. The van der Waals surface area contributed by atoms with Crippen molar-refractivity contribution in [2.24, 2.45) is 17.8 Å². The lowest BCUT2D eigenvalue weighted by atomic mass is 9.84. The summed E-state index contributed by atoms with van der Waals surface area (Å²) in [5.41, 5.74) is 0. The number of carboxylic acid groups (broad SMARTS) is 1. The number of methoxy groups -OCH3 is 1. The number of rotatable bonds is 16. The summed E-state index contributed by atoms with van der Waals surface area (Å²) in [7, 11) is -2.72. The largest absolute Gasteiger partial charge is 0.497 e. The quantitative estimate of drug-likeness (QED) is 0.162. The number of piperidine rings is 2. The third kappa shape index (κ3) is 11.2. The van der Waals surface area contributed by atoms with Crippen LogP contribution in [0.1, 0.15) is 51.4 Å². The van der Waals surface area contributed by atoms with E-state index in [2.05, 4.69) is 26.0 Å². The van der Waals surface area contributed by atoms with E-state index in [9.17, 15) is 27.9 Å². The number of carbonyl (C=O) groups is 3. The molecule has 2 aliphatic rings. The molecule has 2 saturated heterocycles. The van der Waals surface area contributed by atoms with Crippen molar-refractivity contribution in [1.82, 2.24) is 26.0 Å². The molecule has 0 saturated carbocycles. The molecule has 41 heavy (non-hydrogen) atoms. The van der Waals surface area contributed by atoms with E-state index in [1.165, 1.54) is 31.4 Å². The van der Waals surface area contributed by atoms with Crippen LogP contribution in [0, 0.1) is 17.8 Å². The predicted octanol–water partition coefficient (Wildman–Crippen LogP) is 0.835.